The molecule has 8 nitrogen and oxygen atoms in total. The maximum atomic E-state index is 13.0. The zero-order valence-electron chi connectivity index (χ0n) is 19.1. The van der Waals surface area contributed by atoms with Gasteiger partial charge in [-0.2, -0.15) is 0 Å². The molecule has 0 aliphatic carbocycles. The second-order valence-electron chi connectivity index (χ2n) is 7.80. The summed E-state index contributed by atoms with van der Waals surface area (Å²) in [5, 5.41) is 3.28. The Morgan fingerprint density at radius 3 is 2.35 bits per heavy atom. The molecule has 1 N–H and O–H groups in total. The number of likely N-dealkylation sites (N-methyl/N-ethyl adjacent to an activating group) is 1. The zero-order chi connectivity index (χ0) is 24.2. The summed E-state index contributed by atoms with van der Waals surface area (Å²) >= 11 is 0. The van der Waals surface area contributed by atoms with Gasteiger partial charge in [0.1, 0.15) is 11.6 Å². The lowest BCUT2D eigenvalue weighted by atomic mass is 10.1. The summed E-state index contributed by atoms with van der Waals surface area (Å²) < 4.78 is 6.62. The van der Waals surface area contributed by atoms with E-state index in [0.29, 0.717) is 39.4 Å². The summed E-state index contributed by atoms with van der Waals surface area (Å²) in [6.45, 7) is 1.65. The number of hydrogen-bond acceptors (Lipinski definition) is 5. The van der Waals surface area contributed by atoms with Crippen molar-refractivity contribution in [1.82, 2.24) is 14.5 Å². The van der Waals surface area contributed by atoms with Crippen molar-refractivity contribution >= 4 is 28.4 Å². The first-order valence-electron chi connectivity index (χ1n) is 10.7. The van der Waals surface area contributed by atoms with E-state index in [-0.39, 0.29) is 23.9 Å². The van der Waals surface area contributed by atoms with E-state index in [1.165, 1.54) is 9.47 Å². The number of carbonyl (C=O) groups excluding carboxylic acids is 2. The number of ether oxygens (including phenoxy) is 1. The highest BCUT2D eigenvalue weighted by atomic mass is 16.5. The van der Waals surface area contributed by atoms with Crippen LogP contribution in [-0.2, 0) is 4.79 Å². The minimum absolute atomic E-state index is 0.111. The average molecular weight is 457 g/mol. The van der Waals surface area contributed by atoms with Gasteiger partial charge in [0.2, 0.25) is 5.91 Å². The molecule has 0 saturated heterocycles. The lowest BCUT2D eigenvalue weighted by Gasteiger charge is -2.17. The molecule has 0 bridgehead atoms. The standard InChI is InChI=1S/C26H24N4O4/c1-17-27-23-7-5-4-6-22(23)26(33)30(17)20-12-8-18(9-13-20)25(32)29(2)16-24(31)28-19-10-14-21(34-3)15-11-19/h4-15H,16H2,1-3H3,(H,28,31). The number of fused-ring (bicyclic) bond motifs is 1. The number of nitrogens with one attached hydrogen (secondary N) is 1. The Labute approximate surface area is 196 Å². The van der Waals surface area contributed by atoms with Crippen LogP contribution in [0.1, 0.15) is 16.2 Å². The Morgan fingerprint density at radius 1 is 1.00 bits per heavy atom. The van der Waals surface area contributed by atoms with Crippen molar-refractivity contribution in [1.29, 1.82) is 0 Å². The van der Waals surface area contributed by atoms with Gasteiger partial charge in [0.05, 0.1) is 30.2 Å². The molecule has 0 aliphatic heterocycles. The SMILES string of the molecule is COc1ccc(NC(=O)CN(C)C(=O)c2ccc(-n3c(C)nc4ccccc4c3=O)cc2)cc1. The van der Waals surface area contributed by atoms with Gasteiger partial charge in [-0.3, -0.25) is 19.0 Å². The maximum absolute atomic E-state index is 13.0. The van der Waals surface area contributed by atoms with Gasteiger partial charge in [0.25, 0.3) is 11.5 Å². The first-order valence-corrected chi connectivity index (χ1v) is 10.7. The van der Waals surface area contributed by atoms with Crippen LogP contribution >= 0.6 is 0 Å². The fourth-order valence-corrected chi connectivity index (χ4v) is 3.68. The van der Waals surface area contributed by atoms with Gasteiger partial charge in [0, 0.05) is 18.3 Å². The van der Waals surface area contributed by atoms with E-state index < -0.39 is 0 Å². The van der Waals surface area contributed by atoms with Crippen LogP contribution < -0.4 is 15.6 Å². The van der Waals surface area contributed by atoms with E-state index in [1.54, 1.807) is 87.8 Å². The van der Waals surface area contributed by atoms with Crippen molar-refractivity contribution in [2.75, 3.05) is 26.0 Å². The van der Waals surface area contributed by atoms with Crippen LogP contribution in [0.3, 0.4) is 0 Å². The molecule has 0 saturated carbocycles. The Balaban J connectivity index is 1.47. The summed E-state index contributed by atoms with van der Waals surface area (Å²) in [6, 6.07) is 20.8. The van der Waals surface area contributed by atoms with E-state index in [2.05, 4.69) is 10.3 Å². The third kappa shape index (κ3) is 4.66. The monoisotopic (exact) mass is 456 g/mol. The largest absolute Gasteiger partial charge is 0.497 e. The molecule has 1 aromatic heterocycles. The minimum Gasteiger partial charge on any atom is -0.497 e. The predicted octanol–water partition coefficient (Wildman–Crippen LogP) is 3.41. The smallest absolute Gasteiger partial charge is 0.265 e. The topological polar surface area (TPSA) is 93.5 Å². The number of rotatable bonds is 6. The first-order chi connectivity index (χ1) is 16.4. The second kappa shape index (κ2) is 9.58. The molecule has 2 amide bonds. The molecule has 1 heterocycles. The lowest BCUT2D eigenvalue weighted by Crippen LogP contribution is -2.35. The zero-order valence-corrected chi connectivity index (χ0v) is 19.1. The number of aryl methyl sites for hydroxylation is 1. The highest BCUT2D eigenvalue weighted by molar-refractivity contribution is 5.99. The number of amides is 2. The van der Waals surface area contributed by atoms with Crippen molar-refractivity contribution in [2.45, 2.75) is 6.92 Å². The van der Waals surface area contributed by atoms with Crippen LogP contribution in [0.2, 0.25) is 0 Å². The molecule has 3 aromatic carbocycles. The molecule has 0 radical (unpaired) electrons. The number of carbonyl (C=O) groups is 2. The molecule has 0 aliphatic rings. The molecule has 172 valence electrons. The van der Waals surface area contributed by atoms with Crippen molar-refractivity contribution in [3.63, 3.8) is 0 Å². The molecule has 0 atom stereocenters. The van der Waals surface area contributed by atoms with E-state index in [9.17, 15) is 14.4 Å². The Morgan fingerprint density at radius 2 is 1.68 bits per heavy atom. The average Bonchev–Trinajstić information content (AvgIpc) is 2.84. The molecule has 0 spiro atoms. The number of aromatic nitrogens is 2. The van der Waals surface area contributed by atoms with Gasteiger partial charge >= 0.3 is 0 Å². The summed E-state index contributed by atoms with van der Waals surface area (Å²) in [5.41, 5.74) is 2.10. The fraction of sp³-hybridized carbons (Fsp3) is 0.154. The Kier molecular flexibility index (Phi) is 6.40. The number of methoxy groups -OCH3 is 1. The molecule has 4 aromatic rings. The molecule has 0 unspecified atom stereocenters. The summed E-state index contributed by atoms with van der Waals surface area (Å²) in [6.07, 6.45) is 0. The van der Waals surface area contributed by atoms with Crippen LogP contribution in [0.15, 0.2) is 77.6 Å². The van der Waals surface area contributed by atoms with Crippen LogP contribution in [0, 0.1) is 6.92 Å². The number of para-hydroxylation sites is 1. The normalized spacial score (nSPS) is 10.7. The van der Waals surface area contributed by atoms with E-state index in [0.717, 1.165) is 0 Å². The van der Waals surface area contributed by atoms with Crippen LogP contribution in [0.4, 0.5) is 5.69 Å². The predicted molar refractivity (Wildman–Crippen MR) is 131 cm³/mol. The summed E-state index contributed by atoms with van der Waals surface area (Å²) in [4.78, 5) is 44.0. The number of anilines is 1. The van der Waals surface area contributed by atoms with Crippen molar-refractivity contribution < 1.29 is 14.3 Å². The van der Waals surface area contributed by atoms with Gasteiger partial charge in [-0.05, 0) is 67.6 Å². The van der Waals surface area contributed by atoms with Gasteiger partial charge in [-0.25, -0.2) is 4.98 Å². The van der Waals surface area contributed by atoms with E-state index >= 15 is 0 Å². The molecule has 4 rings (SSSR count). The summed E-state index contributed by atoms with van der Waals surface area (Å²) in [5.74, 6) is 0.611. The number of nitrogens with zero attached hydrogens (tertiary/aromatic N) is 3. The maximum Gasteiger partial charge on any atom is 0.265 e. The van der Waals surface area contributed by atoms with Crippen molar-refractivity contribution in [2.24, 2.45) is 0 Å². The minimum atomic E-state index is -0.318. The van der Waals surface area contributed by atoms with Crippen molar-refractivity contribution in [3.8, 4) is 11.4 Å². The quantitative estimate of drug-likeness (QED) is 0.480. The third-order valence-electron chi connectivity index (χ3n) is 5.42. The fourth-order valence-electron chi connectivity index (χ4n) is 3.68. The molecule has 0 fully saturated rings. The molecular weight excluding hydrogens is 432 g/mol. The Bertz CT molecular complexity index is 1410. The lowest BCUT2D eigenvalue weighted by molar-refractivity contribution is -0.116. The molecular formula is C26H24N4O4. The number of benzene rings is 3. The molecule has 34 heavy (non-hydrogen) atoms. The van der Waals surface area contributed by atoms with Crippen LogP contribution in [-0.4, -0.2) is 47.0 Å². The van der Waals surface area contributed by atoms with E-state index in [1.807, 2.05) is 6.07 Å². The van der Waals surface area contributed by atoms with Gasteiger partial charge < -0.3 is 15.0 Å². The van der Waals surface area contributed by atoms with Gasteiger partial charge in [-0.15, -0.1) is 0 Å². The second-order valence-corrected chi connectivity index (χ2v) is 7.80. The van der Waals surface area contributed by atoms with Crippen LogP contribution in [0.25, 0.3) is 16.6 Å². The highest BCUT2D eigenvalue weighted by Gasteiger charge is 2.16. The Hall–Kier alpha value is -4.46. The third-order valence-corrected chi connectivity index (χ3v) is 5.42. The van der Waals surface area contributed by atoms with E-state index in [4.69, 9.17) is 4.74 Å². The highest BCUT2D eigenvalue weighted by Crippen LogP contribution is 2.16. The number of hydrogen-bond donors (Lipinski definition) is 1. The van der Waals surface area contributed by atoms with Crippen molar-refractivity contribution in [3.05, 3.63) is 94.5 Å². The molecule has 8 heteroatoms. The first kappa shape index (κ1) is 22.7. The van der Waals surface area contributed by atoms with Gasteiger partial charge in [0.15, 0.2) is 0 Å². The van der Waals surface area contributed by atoms with Gasteiger partial charge in [-0.1, -0.05) is 12.1 Å². The van der Waals surface area contributed by atoms with Crippen LogP contribution in [0.5, 0.6) is 5.75 Å². The summed E-state index contributed by atoms with van der Waals surface area (Å²) in [7, 11) is 3.13.